The number of hydrogen-bond donors (Lipinski definition) is 0. The first kappa shape index (κ1) is 29.2. The molecule has 0 spiro atoms. The largest absolute Gasteiger partial charge is 0.378 e. The molecule has 222 valence electrons. The number of ether oxygens (including phenoxy) is 2. The van der Waals surface area contributed by atoms with E-state index in [1.165, 1.54) is 42.6 Å². The summed E-state index contributed by atoms with van der Waals surface area (Å²) in [6, 6.07) is 13.7. The van der Waals surface area contributed by atoms with Gasteiger partial charge in [0.05, 0.1) is 37.5 Å². The molecule has 2 fully saturated rings. The van der Waals surface area contributed by atoms with Crippen LogP contribution in [0.3, 0.4) is 0 Å². The van der Waals surface area contributed by atoms with Gasteiger partial charge in [-0.15, -0.1) is 0 Å². The lowest BCUT2D eigenvalue weighted by Gasteiger charge is -2.31. The van der Waals surface area contributed by atoms with Crippen molar-refractivity contribution in [2.75, 3.05) is 62.4 Å². The summed E-state index contributed by atoms with van der Waals surface area (Å²) in [4.78, 5) is 26.1. The van der Waals surface area contributed by atoms with Crippen molar-refractivity contribution in [3.8, 4) is 0 Å². The number of aromatic nitrogens is 5. The Morgan fingerprint density at radius 1 is 0.558 bits per heavy atom. The van der Waals surface area contributed by atoms with Gasteiger partial charge in [0.1, 0.15) is 16.8 Å². The van der Waals surface area contributed by atoms with Crippen molar-refractivity contribution in [2.24, 2.45) is 0 Å². The van der Waals surface area contributed by atoms with Gasteiger partial charge in [-0.05, 0) is 79.3 Å². The van der Waals surface area contributed by atoms with Crippen LogP contribution < -0.4 is 9.80 Å². The fraction of sp³-hybridized carbons (Fsp3) is 0.364. The van der Waals surface area contributed by atoms with Crippen LogP contribution >= 0.6 is 11.6 Å². The van der Waals surface area contributed by atoms with Gasteiger partial charge >= 0.3 is 0 Å². The van der Waals surface area contributed by atoms with E-state index in [1.54, 1.807) is 12.4 Å². The predicted octanol–water partition coefficient (Wildman–Crippen LogP) is 5.55. The summed E-state index contributed by atoms with van der Waals surface area (Å²) < 4.78 is 10.7. The quantitative estimate of drug-likeness (QED) is 0.243. The van der Waals surface area contributed by atoms with E-state index in [4.69, 9.17) is 21.1 Å². The number of rotatable bonds is 2. The van der Waals surface area contributed by atoms with E-state index in [9.17, 15) is 0 Å². The van der Waals surface area contributed by atoms with E-state index in [-0.39, 0.29) is 0 Å². The van der Waals surface area contributed by atoms with Gasteiger partial charge in [0, 0.05) is 67.9 Å². The normalized spacial score (nSPS) is 16.5. The Labute approximate surface area is 256 Å². The molecule has 8 rings (SSSR count). The summed E-state index contributed by atoms with van der Waals surface area (Å²) in [6.07, 6.45) is 14.1. The van der Waals surface area contributed by atoms with Gasteiger partial charge in [-0.1, -0.05) is 11.6 Å². The van der Waals surface area contributed by atoms with Crippen molar-refractivity contribution in [1.82, 2.24) is 24.9 Å². The first-order valence-corrected chi connectivity index (χ1v) is 15.3. The second kappa shape index (κ2) is 14.5. The van der Waals surface area contributed by atoms with Gasteiger partial charge in [-0.2, -0.15) is 0 Å². The van der Waals surface area contributed by atoms with E-state index >= 15 is 0 Å². The smallest absolute Gasteiger partial charge is 0.138 e. The molecule has 10 heteroatoms. The summed E-state index contributed by atoms with van der Waals surface area (Å²) in [5.41, 5.74) is 4.89. The number of anilines is 2. The third kappa shape index (κ3) is 7.18. The van der Waals surface area contributed by atoms with Crippen LogP contribution in [-0.2, 0) is 22.3 Å². The van der Waals surface area contributed by atoms with Crippen LogP contribution in [0.15, 0.2) is 73.4 Å². The molecule has 0 N–H and O–H groups in total. The molecule has 5 aromatic rings. The topological polar surface area (TPSA) is 89.4 Å². The monoisotopic (exact) mass is 597 g/mol. The second-order valence-electron chi connectivity index (χ2n) is 10.6. The number of halogens is 1. The first-order chi connectivity index (χ1) is 21.3. The molecule has 0 aromatic carbocycles. The van der Waals surface area contributed by atoms with Crippen LogP contribution in [0.25, 0.3) is 21.8 Å². The molecule has 9 nitrogen and oxygen atoms in total. The Morgan fingerprint density at radius 3 is 1.81 bits per heavy atom. The minimum absolute atomic E-state index is 0.510. The molecule has 1 aliphatic carbocycles. The molecule has 0 bridgehead atoms. The van der Waals surface area contributed by atoms with E-state index in [0.29, 0.717) is 5.15 Å². The zero-order chi connectivity index (χ0) is 29.3. The number of aryl methyl sites for hydroxylation is 1. The number of nitrogens with zero attached hydrogens (tertiary/aromatic N) is 7. The van der Waals surface area contributed by atoms with Crippen LogP contribution in [0.2, 0.25) is 5.15 Å². The third-order valence-electron chi connectivity index (χ3n) is 7.86. The van der Waals surface area contributed by atoms with Crippen molar-refractivity contribution in [3.05, 3.63) is 89.7 Å². The third-order valence-corrected chi connectivity index (χ3v) is 8.17. The Morgan fingerprint density at radius 2 is 1.12 bits per heavy atom. The predicted molar refractivity (Wildman–Crippen MR) is 171 cm³/mol. The summed E-state index contributed by atoms with van der Waals surface area (Å²) in [6.45, 7) is 7.02. The van der Waals surface area contributed by atoms with Crippen molar-refractivity contribution in [1.29, 1.82) is 0 Å². The number of morpholine rings is 2. The molecular weight excluding hydrogens is 562 g/mol. The van der Waals surface area contributed by atoms with Gasteiger partial charge in [0.2, 0.25) is 0 Å². The lowest BCUT2D eigenvalue weighted by molar-refractivity contribution is 0.122. The maximum atomic E-state index is 5.81. The van der Waals surface area contributed by atoms with Crippen LogP contribution in [0, 0.1) is 0 Å². The average Bonchev–Trinajstić information content (AvgIpc) is 3.09. The summed E-state index contributed by atoms with van der Waals surface area (Å²) >= 11 is 5.81. The Kier molecular flexibility index (Phi) is 9.84. The van der Waals surface area contributed by atoms with Crippen LogP contribution in [-0.4, -0.2) is 77.5 Å². The lowest BCUT2D eigenvalue weighted by Crippen LogP contribution is -2.37. The van der Waals surface area contributed by atoms with Crippen LogP contribution in [0.1, 0.15) is 24.0 Å². The second-order valence-corrected chi connectivity index (χ2v) is 10.9. The Balaban J connectivity index is 0.000000117. The highest BCUT2D eigenvalue weighted by Crippen LogP contribution is 2.29. The van der Waals surface area contributed by atoms with Gasteiger partial charge in [0.25, 0.3) is 0 Å². The standard InChI is InChI=1S/C13H18N2O.C12H13N3O.C8H5ClN2/c1-2-4-12-11(3-1)5-6-14-13(12)15-7-9-16-10-8-15;1-2-10-11(13-4-1)3-5-14-12(10)15-6-8-16-9-7-15;9-8-6-2-1-4-10-7(6)3-5-11-8/h5-6H,1-4,7-10H2;1-5H,6-9H2;1-5H. The first-order valence-electron chi connectivity index (χ1n) is 14.9. The minimum Gasteiger partial charge on any atom is -0.378 e. The molecule has 5 aromatic heterocycles. The van der Waals surface area contributed by atoms with Gasteiger partial charge < -0.3 is 19.3 Å². The van der Waals surface area contributed by atoms with E-state index in [0.717, 1.165) is 80.2 Å². The number of hydrogen-bond acceptors (Lipinski definition) is 9. The van der Waals surface area contributed by atoms with Gasteiger partial charge in [-0.3, -0.25) is 9.97 Å². The SMILES string of the molecule is Clc1nccc2ncccc12.c1cc2c(c(N3CCOCC3)n1)CCCC2.c1cnc2ccnc(N3CCOCC3)c2c1. The molecule has 0 unspecified atom stereocenters. The molecule has 43 heavy (non-hydrogen) atoms. The van der Waals surface area contributed by atoms with Crippen molar-refractivity contribution >= 4 is 45.0 Å². The Hall–Kier alpha value is -3.92. The highest BCUT2D eigenvalue weighted by molar-refractivity contribution is 6.34. The number of pyridine rings is 5. The van der Waals surface area contributed by atoms with E-state index in [1.807, 2.05) is 48.9 Å². The average molecular weight is 598 g/mol. The van der Waals surface area contributed by atoms with Crippen molar-refractivity contribution < 1.29 is 9.47 Å². The summed E-state index contributed by atoms with van der Waals surface area (Å²) in [5, 5.41) is 2.53. The fourth-order valence-electron chi connectivity index (χ4n) is 5.67. The zero-order valence-corrected chi connectivity index (χ0v) is 25.0. The lowest BCUT2D eigenvalue weighted by atomic mass is 9.92. The zero-order valence-electron chi connectivity index (χ0n) is 24.2. The molecule has 0 atom stereocenters. The maximum absolute atomic E-state index is 5.81. The highest BCUT2D eigenvalue weighted by atomic mass is 35.5. The number of fused-ring (bicyclic) bond motifs is 3. The molecule has 0 radical (unpaired) electrons. The molecule has 3 aliphatic rings. The van der Waals surface area contributed by atoms with Crippen LogP contribution in [0.5, 0.6) is 0 Å². The summed E-state index contributed by atoms with van der Waals surface area (Å²) in [7, 11) is 0. The van der Waals surface area contributed by atoms with Gasteiger partial charge in [0.15, 0.2) is 0 Å². The van der Waals surface area contributed by atoms with Gasteiger partial charge in [-0.25, -0.2) is 15.0 Å². The van der Waals surface area contributed by atoms with Crippen LogP contribution in [0.4, 0.5) is 11.6 Å². The molecule has 0 amide bonds. The fourth-order valence-corrected chi connectivity index (χ4v) is 5.89. The molecule has 2 aliphatic heterocycles. The molecule has 0 saturated carbocycles. The molecular formula is C33H36ClN7O2. The van der Waals surface area contributed by atoms with E-state index in [2.05, 4.69) is 46.9 Å². The van der Waals surface area contributed by atoms with Crippen molar-refractivity contribution in [2.45, 2.75) is 25.7 Å². The summed E-state index contributed by atoms with van der Waals surface area (Å²) in [5.74, 6) is 2.24. The molecule has 7 heterocycles. The highest BCUT2D eigenvalue weighted by Gasteiger charge is 2.20. The maximum Gasteiger partial charge on any atom is 0.138 e. The minimum atomic E-state index is 0.510. The molecule has 2 saturated heterocycles. The van der Waals surface area contributed by atoms with E-state index < -0.39 is 0 Å². The van der Waals surface area contributed by atoms with Crippen molar-refractivity contribution in [3.63, 3.8) is 0 Å². The Bertz CT molecular complexity index is 1630.